The number of ether oxygens (including phenoxy) is 2. The largest absolute Gasteiger partial charge is 0.450 e. The quantitative estimate of drug-likeness (QED) is 0.428. The molecule has 5 atom stereocenters. The minimum atomic E-state index is -3.69. The molecule has 7 heteroatoms. The van der Waals surface area contributed by atoms with Gasteiger partial charge in [-0.25, -0.2) is 4.79 Å². The van der Waals surface area contributed by atoms with Crippen molar-refractivity contribution < 1.29 is 26.9 Å². The monoisotopic (exact) mass is 302 g/mol. The van der Waals surface area contributed by atoms with Gasteiger partial charge in [0.2, 0.25) is 0 Å². The van der Waals surface area contributed by atoms with Crippen LogP contribution in [0.15, 0.2) is 12.2 Å². The molecule has 0 aliphatic carbocycles. The zero-order chi connectivity index (χ0) is 15.1. The molecule has 20 heavy (non-hydrogen) atoms. The van der Waals surface area contributed by atoms with Gasteiger partial charge in [-0.05, 0) is 27.7 Å². The van der Waals surface area contributed by atoms with E-state index in [0.717, 1.165) is 0 Å². The van der Waals surface area contributed by atoms with Crippen LogP contribution in [0.3, 0.4) is 0 Å². The first-order valence-electron chi connectivity index (χ1n) is 6.48. The Hall–Kier alpha value is -0.920. The second kappa shape index (κ2) is 3.45. The number of hydrogen-bond acceptors (Lipinski definition) is 6. The zero-order valence-corrected chi connectivity index (χ0v) is 12.7. The maximum absolute atomic E-state index is 12.1. The summed E-state index contributed by atoms with van der Waals surface area (Å²) in [5.74, 6) is -0.574. The Balaban J connectivity index is 2.09. The van der Waals surface area contributed by atoms with Crippen molar-refractivity contribution in [3.8, 4) is 0 Å². The van der Waals surface area contributed by atoms with Gasteiger partial charge in [-0.2, -0.15) is 8.42 Å². The fraction of sp³-hybridized carbons (Fsp3) is 0.769. The van der Waals surface area contributed by atoms with E-state index < -0.39 is 44.2 Å². The van der Waals surface area contributed by atoms with E-state index in [2.05, 4.69) is 6.58 Å². The molecular weight excluding hydrogens is 284 g/mol. The molecule has 2 bridgehead atoms. The minimum Gasteiger partial charge on any atom is -0.450 e. The maximum atomic E-state index is 12.1. The number of rotatable bonds is 2. The van der Waals surface area contributed by atoms with Crippen molar-refractivity contribution in [2.45, 2.75) is 62.3 Å². The van der Waals surface area contributed by atoms with Gasteiger partial charge in [0.1, 0.15) is 17.0 Å². The molecule has 0 aromatic carbocycles. The molecule has 5 unspecified atom stereocenters. The summed E-state index contributed by atoms with van der Waals surface area (Å²) in [5.41, 5.74) is -3.01. The first-order valence-corrected chi connectivity index (χ1v) is 7.95. The SMILES string of the molecule is C=C(C)C(=O)OC1(C)C2(C)CC3C(O2)C1(C)OS3(=O)=O. The Bertz CT molecular complexity index is 625. The van der Waals surface area contributed by atoms with Crippen LogP contribution in [-0.4, -0.2) is 42.5 Å². The van der Waals surface area contributed by atoms with E-state index in [0.29, 0.717) is 0 Å². The molecule has 3 aliphatic heterocycles. The molecule has 3 heterocycles. The van der Waals surface area contributed by atoms with E-state index >= 15 is 0 Å². The summed E-state index contributed by atoms with van der Waals surface area (Å²) in [5, 5.41) is -0.686. The van der Waals surface area contributed by atoms with Crippen LogP contribution < -0.4 is 0 Å². The average molecular weight is 302 g/mol. The van der Waals surface area contributed by atoms with E-state index in [1.54, 1.807) is 27.7 Å². The van der Waals surface area contributed by atoms with Gasteiger partial charge in [0.15, 0.2) is 11.2 Å². The Labute approximate surface area is 118 Å². The van der Waals surface area contributed by atoms with E-state index in [1.165, 1.54) is 0 Å². The third-order valence-electron chi connectivity index (χ3n) is 5.12. The summed E-state index contributed by atoms with van der Waals surface area (Å²) in [7, 11) is -3.69. The van der Waals surface area contributed by atoms with Crippen LogP contribution in [0, 0.1) is 0 Å². The highest BCUT2D eigenvalue weighted by atomic mass is 32.2. The van der Waals surface area contributed by atoms with Gasteiger partial charge >= 0.3 is 5.97 Å². The molecule has 6 nitrogen and oxygen atoms in total. The second-order valence-electron chi connectivity index (χ2n) is 6.40. The van der Waals surface area contributed by atoms with Crippen LogP contribution in [0.2, 0.25) is 0 Å². The van der Waals surface area contributed by atoms with Crippen molar-refractivity contribution in [3.05, 3.63) is 12.2 Å². The Morgan fingerprint density at radius 2 is 1.95 bits per heavy atom. The van der Waals surface area contributed by atoms with E-state index in [9.17, 15) is 13.2 Å². The third-order valence-corrected chi connectivity index (χ3v) is 6.85. The predicted octanol–water partition coefficient (Wildman–Crippen LogP) is 0.913. The Morgan fingerprint density at radius 1 is 1.35 bits per heavy atom. The maximum Gasteiger partial charge on any atom is 0.333 e. The molecule has 0 aromatic heterocycles. The molecule has 112 valence electrons. The highest BCUT2D eigenvalue weighted by Crippen LogP contribution is 2.64. The van der Waals surface area contributed by atoms with E-state index in [1.807, 2.05) is 0 Å². The highest BCUT2D eigenvalue weighted by molar-refractivity contribution is 7.87. The lowest BCUT2D eigenvalue weighted by atomic mass is 9.67. The highest BCUT2D eigenvalue weighted by Gasteiger charge is 2.83. The van der Waals surface area contributed by atoms with Gasteiger partial charge in [0, 0.05) is 12.0 Å². The summed E-state index contributed by atoms with van der Waals surface area (Å²) in [6.07, 6.45) is -0.351. The molecule has 0 spiro atoms. The van der Waals surface area contributed by atoms with Crippen LogP contribution >= 0.6 is 0 Å². The molecule has 0 radical (unpaired) electrons. The lowest BCUT2D eigenvalue weighted by molar-refractivity contribution is -0.189. The van der Waals surface area contributed by atoms with Gasteiger partial charge in [-0.3, -0.25) is 4.18 Å². The second-order valence-corrected chi connectivity index (χ2v) is 8.16. The van der Waals surface area contributed by atoms with E-state index in [-0.39, 0.29) is 12.0 Å². The third kappa shape index (κ3) is 1.31. The van der Waals surface area contributed by atoms with Gasteiger partial charge < -0.3 is 9.47 Å². The van der Waals surface area contributed by atoms with Crippen LogP contribution in [0.5, 0.6) is 0 Å². The summed E-state index contributed by atoms with van der Waals surface area (Å²) >= 11 is 0. The minimum absolute atomic E-state index is 0.249. The van der Waals surface area contributed by atoms with Crippen LogP contribution in [0.4, 0.5) is 0 Å². The van der Waals surface area contributed by atoms with Gasteiger partial charge in [0.25, 0.3) is 10.1 Å². The molecule has 0 saturated carbocycles. The molecule has 3 aliphatic rings. The molecule has 3 fully saturated rings. The number of carbonyl (C=O) groups is 1. The molecule has 0 amide bonds. The summed E-state index contributed by atoms with van der Waals surface area (Å²) in [6, 6.07) is 0. The molecular formula is C13H18O6S. The van der Waals surface area contributed by atoms with Crippen molar-refractivity contribution in [1.82, 2.24) is 0 Å². The van der Waals surface area contributed by atoms with Gasteiger partial charge in [0.05, 0.1) is 0 Å². The number of esters is 1. The first kappa shape index (κ1) is 14.0. The van der Waals surface area contributed by atoms with Gasteiger partial charge in [-0.1, -0.05) is 6.58 Å². The topological polar surface area (TPSA) is 78.9 Å². The van der Waals surface area contributed by atoms with Crippen LogP contribution in [0.25, 0.3) is 0 Å². The van der Waals surface area contributed by atoms with Gasteiger partial charge in [-0.15, -0.1) is 0 Å². The zero-order valence-electron chi connectivity index (χ0n) is 11.9. The van der Waals surface area contributed by atoms with Crippen molar-refractivity contribution in [1.29, 1.82) is 0 Å². The van der Waals surface area contributed by atoms with Crippen LogP contribution in [-0.2, 0) is 28.6 Å². The fourth-order valence-electron chi connectivity index (χ4n) is 3.63. The lowest BCUT2D eigenvalue weighted by Gasteiger charge is -2.45. The summed E-state index contributed by atoms with van der Waals surface area (Å²) in [6.45, 7) is 10.2. The predicted molar refractivity (Wildman–Crippen MR) is 69.4 cm³/mol. The fourth-order valence-corrected chi connectivity index (χ4v) is 5.63. The van der Waals surface area contributed by atoms with Crippen molar-refractivity contribution in [2.24, 2.45) is 0 Å². The summed E-state index contributed by atoms with van der Waals surface area (Å²) < 4.78 is 40.9. The smallest absolute Gasteiger partial charge is 0.333 e. The normalized spacial score (nSPS) is 51.2. The average Bonchev–Trinajstić information content (AvgIpc) is 2.78. The number of hydrogen-bond donors (Lipinski definition) is 0. The standard InChI is InChI=1S/C13H18O6S/c1-7(2)10(14)18-13(5)11(3)6-8-9(17-11)12(13,4)19-20(8,15)16/h8-9H,1,6H2,2-5H3. The number of carbonyl (C=O) groups excluding carboxylic acids is 1. The van der Waals surface area contributed by atoms with E-state index in [4.69, 9.17) is 13.7 Å². The summed E-state index contributed by atoms with van der Waals surface area (Å²) in [4.78, 5) is 11.9. The van der Waals surface area contributed by atoms with Crippen molar-refractivity contribution >= 4 is 16.1 Å². The Morgan fingerprint density at radius 3 is 2.50 bits per heavy atom. The molecule has 3 rings (SSSR count). The first-order chi connectivity index (χ1) is 8.97. The van der Waals surface area contributed by atoms with Crippen molar-refractivity contribution in [2.75, 3.05) is 0 Å². The molecule has 0 aromatic rings. The number of fused-ring (bicyclic) bond motifs is 1. The lowest BCUT2D eigenvalue weighted by Crippen LogP contribution is -2.64. The van der Waals surface area contributed by atoms with Crippen molar-refractivity contribution in [3.63, 3.8) is 0 Å². The molecule has 0 N–H and O–H groups in total. The van der Waals surface area contributed by atoms with Crippen LogP contribution in [0.1, 0.15) is 34.1 Å². The molecule has 3 saturated heterocycles. The Kier molecular flexibility index (Phi) is 2.42.